The van der Waals surface area contributed by atoms with E-state index in [0.29, 0.717) is 6.04 Å². The molecular formula is C14H21NO. The molecule has 0 radical (unpaired) electrons. The van der Waals surface area contributed by atoms with Crippen molar-refractivity contribution in [3.8, 4) is 0 Å². The lowest BCUT2D eigenvalue weighted by molar-refractivity contribution is 0.112. The van der Waals surface area contributed by atoms with Crippen LogP contribution in [0.5, 0.6) is 0 Å². The van der Waals surface area contributed by atoms with Crippen LogP contribution in [0.1, 0.15) is 38.1 Å². The van der Waals surface area contributed by atoms with E-state index in [1.807, 2.05) is 31.3 Å². The quantitative estimate of drug-likeness (QED) is 0.726. The van der Waals surface area contributed by atoms with E-state index in [-0.39, 0.29) is 5.41 Å². The van der Waals surface area contributed by atoms with Crippen LogP contribution in [0.2, 0.25) is 0 Å². The molecule has 1 unspecified atom stereocenters. The molecule has 0 saturated heterocycles. The number of anilines is 1. The van der Waals surface area contributed by atoms with Crippen LogP contribution < -0.4 is 4.90 Å². The first-order chi connectivity index (χ1) is 7.38. The molecule has 0 aliphatic rings. The summed E-state index contributed by atoms with van der Waals surface area (Å²) >= 11 is 0. The number of para-hydroxylation sites is 1. The molecule has 0 spiro atoms. The minimum absolute atomic E-state index is 0.185. The van der Waals surface area contributed by atoms with Gasteiger partial charge in [-0.1, -0.05) is 32.9 Å². The summed E-state index contributed by atoms with van der Waals surface area (Å²) in [5.74, 6) is 0. The van der Waals surface area contributed by atoms with Crippen LogP contribution in [0.3, 0.4) is 0 Å². The second-order valence-electron chi connectivity index (χ2n) is 5.33. The number of aldehydes is 1. The molecule has 0 saturated carbocycles. The van der Waals surface area contributed by atoms with Gasteiger partial charge in [-0.3, -0.25) is 4.79 Å². The molecule has 1 rings (SSSR count). The van der Waals surface area contributed by atoms with Crippen LogP contribution in [-0.2, 0) is 0 Å². The normalized spacial score (nSPS) is 13.3. The predicted molar refractivity (Wildman–Crippen MR) is 69.1 cm³/mol. The number of hydrogen-bond donors (Lipinski definition) is 0. The van der Waals surface area contributed by atoms with Crippen molar-refractivity contribution in [1.29, 1.82) is 0 Å². The average molecular weight is 219 g/mol. The number of hydrogen-bond acceptors (Lipinski definition) is 2. The highest BCUT2D eigenvalue weighted by atomic mass is 16.1. The fourth-order valence-corrected chi connectivity index (χ4v) is 1.70. The van der Waals surface area contributed by atoms with Crippen LogP contribution in [0.15, 0.2) is 24.3 Å². The monoisotopic (exact) mass is 219 g/mol. The van der Waals surface area contributed by atoms with Gasteiger partial charge in [0.25, 0.3) is 0 Å². The Morgan fingerprint density at radius 1 is 1.25 bits per heavy atom. The number of benzene rings is 1. The summed E-state index contributed by atoms with van der Waals surface area (Å²) < 4.78 is 0. The van der Waals surface area contributed by atoms with Crippen LogP contribution in [0, 0.1) is 5.41 Å². The second kappa shape index (κ2) is 4.69. The van der Waals surface area contributed by atoms with Crippen molar-refractivity contribution < 1.29 is 4.79 Å². The Morgan fingerprint density at radius 2 is 1.81 bits per heavy atom. The second-order valence-corrected chi connectivity index (χ2v) is 5.33. The van der Waals surface area contributed by atoms with Crippen molar-refractivity contribution >= 4 is 12.0 Å². The minimum Gasteiger partial charge on any atom is -0.371 e. The lowest BCUT2D eigenvalue weighted by atomic mass is 9.86. The zero-order chi connectivity index (χ0) is 12.3. The molecule has 0 bridgehead atoms. The zero-order valence-electron chi connectivity index (χ0n) is 10.8. The fourth-order valence-electron chi connectivity index (χ4n) is 1.70. The molecule has 0 aliphatic heterocycles. The van der Waals surface area contributed by atoms with Gasteiger partial charge in [-0.25, -0.2) is 0 Å². The Bertz CT molecular complexity index is 365. The van der Waals surface area contributed by atoms with Gasteiger partial charge in [0.1, 0.15) is 0 Å². The Labute approximate surface area is 98.3 Å². The van der Waals surface area contributed by atoms with E-state index in [1.165, 1.54) is 0 Å². The molecule has 0 aliphatic carbocycles. The van der Waals surface area contributed by atoms with E-state index < -0.39 is 0 Å². The zero-order valence-corrected chi connectivity index (χ0v) is 10.8. The molecule has 1 atom stereocenters. The van der Waals surface area contributed by atoms with Gasteiger partial charge in [0.15, 0.2) is 6.29 Å². The molecule has 1 aromatic rings. The van der Waals surface area contributed by atoms with Gasteiger partial charge in [-0.15, -0.1) is 0 Å². The van der Waals surface area contributed by atoms with Gasteiger partial charge in [0.2, 0.25) is 0 Å². The van der Waals surface area contributed by atoms with Crippen LogP contribution in [0.25, 0.3) is 0 Å². The summed E-state index contributed by atoms with van der Waals surface area (Å²) in [6, 6.07) is 8.07. The number of carbonyl (C=O) groups excluding carboxylic acids is 1. The summed E-state index contributed by atoms with van der Waals surface area (Å²) in [4.78, 5) is 13.1. The van der Waals surface area contributed by atoms with Crippen molar-refractivity contribution in [2.24, 2.45) is 5.41 Å². The fraction of sp³-hybridized carbons (Fsp3) is 0.500. The highest BCUT2D eigenvalue weighted by Gasteiger charge is 2.24. The number of nitrogens with zero attached hydrogens (tertiary/aromatic N) is 1. The minimum atomic E-state index is 0.185. The van der Waals surface area contributed by atoms with E-state index in [9.17, 15) is 4.79 Å². The maximum atomic E-state index is 11.0. The highest BCUT2D eigenvalue weighted by Crippen LogP contribution is 2.28. The van der Waals surface area contributed by atoms with E-state index >= 15 is 0 Å². The molecule has 0 aromatic heterocycles. The van der Waals surface area contributed by atoms with Crippen molar-refractivity contribution in [2.75, 3.05) is 11.9 Å². The molecule has 0 amide bonds. The van der Waals surface area contributed by atoms with Gasteiger partial charge < -0.3 is 4.90 Å². The van der Waals surface area contributed by atoms with Crippen LogP contribution in [-0.4, -0.2) is 19.4 Å². The van der Waals surface area contributed by atoms with Gasteiger partial charge in [0.05, 0.1) is 0 Å². The Balaban J connectivity index is 3.05. The molecule has 16 heavy (non-hydrogen) atoms. The number of carbonyl (C=O) groups is 1. The SMILES string of the molecule is CC(N(C)c1ccccc1C=O)C(C)(C)C. The molecule has 0 heterocycles. The third-order valence-electron chi connectivity index (χ3n) is 3.28. The maximum Gasteiger partial charge on any atom is 0.152 e. The van der Waals surface area contributed by atoms with Crippen molar-refractivity contribution in [3.63, 3.8) is 0 Å². The Hall–Kier alpha value is -1.31. The Kier molecular flexibility index (Phi) is 3.74. The smallest absolute Gasteiger partial charge is 0.152 e. The third-order valence-corrected chi connectivity index (χ3v) is 3.28. The summed E-state index contributed by atoms with van der Waals surface area (Å²) in [6.07, 6.45) is 0.918. The lowest BCUT2D eigenvalue weighted by Crippen LogP contribution is -2.39. The van der Waals surface area contributed by atoms with Crippen molar-refractivity contribution in [1.82, 2.24) is 0 Å². The van der Waals surface area contributed by atoms with E-state index in [2.05, 4.69) is 32.6 Å². The summed E-state index contributed by atoms with van der Waals surface area (Å²) in [5, 5.41) is 0. The highest BCUT2D eigenvalue weighted by molar-refractivity contribution is 5.84. The summed E-state index contributed by atoms with van der Waals surface area (Å²) in [6.45, 7) is 8.80. The van der Waals surface area contributed by atoms with Gasteiger partial charge >= 0.3 is 0 Å². The van der Waals surface area contributed by atoms with Gasteiger partial charge in [0, 0.05) is 24.3 Å². The lowest BCUT2D eigenvalue weighted by Gasteiger charge is -2.37. The number of rotatable bonds is 3. The first-order valence-corrected chi connectivity index (χ1v) is 5.65. The van der Waals surface area contributed by atoms with Crippen molar-refractivity contribution in [2.45, 2.75) is 33.7 Å². The molecular weight excluding hydrogens is 198 g/mol. The van der Waals surface area contributed by atoms with Gasteiger partial charge in [-0.2, -0.15) is 0 Å². The largest absolute Gasteiger partial charge is 0.371 e. The first kappa shape index (κ1) is 12.8. The first-order valence-electron chi connectivity index (χ1n) is 5.65. The van der Waals surface area contributed by atoms with E-state index in [1.54, 1.807) is 0 Å². The van der Waals surface area contributed by atoms with Crippen LogP contribution >= 0.6 is 0 Å². The summed E-state index contributed by atoms with van der Waals surface area (Å²) in [7, 11) is 2.04. The molecule has 0 N–H and O–H groups in total. The molecule has 88 valence electrons. The van der Waals surface area contributed by atoms with E-state index in [4.69, 9.17) is 0 Å². The van der Waals surface area contributed by atoms with Gasteiger partial charge in [-0.05, 0) is 24.5 Å². The molecule has 2 nitrogen and oxygen atoms in total. The Morgan fingerprint density at radius 3 is 2.31 bits per heavy atom. The topological polar surface area (TPSA) is 20.3 Å². The molecule has 2 heteroatoms. The molecule has 0 fully saturated rings. The van der Waals surface area contributed by atoms with Crippen molar-refractivity contribution in [3.05, 3.63) is 29.8 Å². The standard InChI is InChI=1S/C14H21NO/c1-11(14(2,3)4)15(5)13-9-7-6-8-12(13)10-16/h6-11H,1-5H3. The molecule has 1 aromatic carbocycles. The van der Waals surface area contributed by atoms with Crippen LogP contribution in [0.4, 0.5) is 5.69 Å². The third kappa shape index (κ3) is 2.63. The average Bonchev–Trinajstić information content (AvgIpc) is 2.25. The summed E-state index contributed by atoms with van der Waals surface area (Å²) in [5.41, 5.74) is 1.94. The van der Waals surface area contributed by atoms with E-state index in [0.717, 1.165) is 17.5 Å². The predicted octanol–water partition coefficient (Wildman–Crippen LogP) is 3.37. The maximum absolute atomic E-state index is 11.0.